The van der Waals surface area contributed by atoms with E-state index >= 15 is 0 Å². The highest BCUT2D eigenvalue weighted by molar-refractivity contribution is 7.89. The van der Waals surface area contributed by atoms with Gasteiger partial charge >= 0.3 is 0 Å². The Kier molecular flexibility index (Phi) is 5.47. The van der Waals surface area contributed by atoms with Crippen molar-refractivity contribution in [3.05, 3.63) is 23.8 Å². The zero-order valence-corrected chi connectivity index (χ0v) is 15.2. The summed E-state index contributed by atoms with van der Waals surface area (Å²) in [5.74, 6) is 0.0188. The Morgan fingerprint density at radius 1 is 1.26 bits per heavy atom. The number of nitrogens with zero attached hydrogens (tertiary/aromatic N) is 2. The van der Waals surface area contributed by atoms with Crippen molar-refractivity contribution >= 4 is 21.6 Å². The SMILES string of the molecule is CCN(CC)S(=O)(=O)c1ccc2c(c1)CCCN2C(=O)C(C)C. The molecule has 0 spiro atoms. The summed E-state index contributed by atoms with van der Waals surface area (Å²) in [6.45, 7) is 9.05. The van der Waals surface area contributed by atoms with E-state index in [0.717, 1.165) is 24.1 Å². The van der Waals surface area contributed by atoms with Crippen molar-refractivity contribution in [2.45, 2.75) is 45.4 Å². The number of sulfonamides is 1. The van der Waals surface area contributed by atoms with Crippen LogP contribution in [-0.2, 0) is 21.2 Å². The number of rotatable bonds is 5. The Balaban J connectivity index is 2.42. The first-order chi connectivity index (χ1) is 10.8. The summed E-state index contributed by atoms with van der Waals surface area (Å²) in [4.78, 5) is 14.5. The normalized spacial score (nSPS) is 15.1. The third-order valence-electron chi connectivity index (χ3n) is 4.27. The number of aryl methyl sites for hydroxylation is 1. The maximum Gasteiger partial charge on any atom is 0.243 e. The van der Waals surface area contributed by atoms with E-state index in [0.29, 0.717) is 24.5 Å². The summed E-state index contributed by atoms with van der Waals surface area (Å²) in [6, 6.07) is 5.15. The molecular weight excluding hydrogens is 312 g/mol. The minimum atomic E-state index is -3.46. The third kappa shape index (κ3) is 3.43. The standard InChI is InChI=1S/C17H26N2O3S/c1-5-18(6-2)23(21,22)15-9-10-16-14(12-15)8-7-11-19(16)17(20)13(3)4/h9-10,12-13H,5-8,11H2,1-4H3. The van der Waals surface area contributed by atoms with Crippen LogP contribution in [-0.4, -0.2) is 38.3 Å². The lowest BCUT2D eigenvalue weighted by molar-refractivity contribution is -0.121. The van der Waals surface area contributed by atoms with Crippen molar-refractivity contribution in [1.29, 1.82) is 0 Å². The maximum atomic E-state index is 12.6. The zero-order valence-electron chi connectivity index (χ0n) is 14.4. The Labute approximate surface area is 139 Å². The second-order valence-electron chi connectivity index (χ2n) is 6.13. The van der Waals surface area contributed by atoms with Crippen LogP contribution in [0.5, 0.6) is 0 Å². The summed E-state index contributed by atoms with van der Waals surface area (Å²) in [5, 5.41) is 0. The van der Waals surface area contributed by atoms with Gasteiger partial charge in [0.05, 0.1) is 4.90 Å². The smallest absolute Gasteiger partial charge is 0.243 e. The highest BCUT2D eigenvalue weighted by Gasteiger charge is 2.27. The summed E-state index contributed by atoms with van der Waals surface area (Å²) in [7, 11) is -3.46. The average molecular weight is 338 g/mol. The minimum Gasteiger partial charge on any atom is -0.312 e. The minimum absolute atomic E-state index is 0.0694. The van der Waals surface area contributed by atoms with Gasteiger partial charge in [0, 0.05) is 31.2 Å². The second kappa shape index (κ2) is 7.01. The van der Waals surface area contributed by atoms with E-state index in [9.17, 15) is 13.2 Å². The van der Waals surface area contributed by atoms with Crippen LogP contribution in [0, 0.1) is 5.92 Å². The van der Waals surface area contributed by atoms with Crippen LogP contribution < -0.4 is 4.90 Å². The summed E-state index contributed by atoms with van der Waals surface area (Å²) in [5.41, 5.74) is 1.80. The van der Waals surface area contributed by atoms with E-state index < -0.39 is 10.0 Å². The number of anilines is 1. The van der Waals surface area contributed by atoms with Crippen LogP contribution in [0.2, 0.25) is 0 Å². The first kappa shape index (κ1) is 17.9. The molecule has 5 nitrogen and oxygen atoms in total. The number of fused-ring (bicyclic) bond motifs is 1. The quantitative estimate of drug-likeness (QED) is 0.829. The van der Waals surface area contributed by atoms with E-state index in [2.05, 4.69) is 0 Å². The van der Waals surface area contributed by atoms with Gasteiger partial charge in [0.25, 0.3) is 0 Å². The van der Waals surface area contributed by atoms with Gasteiger partial charge in [0.2, 0.25) is 15.9 Å². The van der Waals surface area contributed by atoms with Crippen molar-refractivity contribution < 1.29 is 13.2 Å². The van der Waals surface area contributed by atoms with Crippen molar-refractivity contribution in [2.24, 2.45) is 5.92 Å². The Bertz CT molecular complexity index is 679. The van der Waals surface area contributed by atoms with Crippen LogP contribution in [0.15, 0.2) is 23.1 Å². The van der Waals surface area contributed by atoms with Crippen LogP contribution in [0.25, 0.3) is 0 Å². The van der Waals surface area contributed by atoms with Gasteiger partial charge in [0.15, 0.2) is 0 Å². The molecule has 6 heteroatoms. The Hall–Kier alpha value is -1.40. The Morgan fingerprint density at radius 3 is 2.48 bits per heavy atom. The lowest BCUT2D eigenvalue weighted by Crippen LogP contribution is -2.38. The molecule has 2 rings (SSSR count). The van der Waals surface area contributed by atoms with Gasteiger partial charge in [-0.1, -0.05) is 27.7 Å². The molecule has 1 aromatic rings. The molecule has 0 saturated carbocycles. The van der Waals surface area contributed by atoms with Crippen molar-refractivity contribution in [3.8, 4) is 0 Å². The summed E-state index contributed by atoms with van der Waals surface area (Å²) >= 11 is 0. The predicted molar refractivity (Wildman–Crippen MR) is 92.1 cm³/mol. The fourth-order valence-corrected chi connectivity index (χ4v) is 4.50. The molecule has 0 atom stereocenters. The van der Waals surface area contributed by atoms with Crippen LogP contribution in [0.4, 0.5) is 5.69 Å². The molecule has 1 heterocycles. The molecule has 0 N–H and O–H groups in total. The third-order valence-corrected chi connectivity index (χ3v) is 6.32. The van der Waals surface area contributed by atoms with Crippen LogP contribution >= 0.6 is 0 Å². The van der Waals surface area contributed by atoms with Crippen molar-refractivity contribution in [1.82, 2.24) is 4.31 Å². The van der Waals surface area contributed by atoms with E-state index in [4.69, 9.17) is 0 Å². The van der Waals surface area contributed by atoms with Crippen LogP contribution in [0.3, 0.4) is 0 Å². The van der Waals surface area contributed by atoms with Gasteiger partial charge in [0.1, 0.15) is 0 Å². The molecule has 1 aromatic carbocycles. The number of benzene rings is 1. The lowest BCUT2D eigenvalue weighted by Gasteiger charge is -2.31. The van der Waals surface area contributed by atoms with Gasteiger partial charge in [-0.25, -0.2) is 8.42 Å². The number of carbonyl (C=O) groups is 1. The maximum absolute atomic E-state index is 12.6. The molecule has 1 aliphatic heterocycles. The molecule has 0 fully saturated rings. The second-order valence-corrected chi connectivity index (χ2v) is 8.07. The highest BCUT2D eigenvalue weighted by Crippen LogP contribution is 2.31. The topological polar surface area (TPSA) is 57.7 Å². The fourth-order valence-electron chi connectivity index (χ4n) is 2.99. The molecule has 1 aliphatic rings. The van der Waals surface area contributed by atoms with Crippen LogP contribution in [0.1, 0.15) is 39.7 Å². The van der Waals surface area contributed by atoms with E-state index in [1.54, 1.807) is 23.1 Å². The highest BCUT2D eigenvalue weighted by atomic mass is 32.2. The van der Waals surface area contributed by atoms with Gasteiger partial charge in [-0.15, -0.1) is 0 Å². The molecule has 0 bridgehead atoms. The number of hydrogen-bond donors (Lipinski definition) is 0. The summed E-state index contributed by atoms with van der Waals surface area (Å²) in [6.07, 6.45) is 1.67. The molecular formula is C17H26N2O3S. The van der Waals surface area contributed by atoms with Crippen molar-refractivity contribution in [2.75, 3.05) is 24.5 Å². The lowest BCUT2D eigenvalue weighted by atomic mass is 10.0. The first-order valence-corrected chi connectivity index (χ1v) is 9.71. The van der Waals surface area contributed by atoms with Gasteiger partial charge in [-0.3, -0.25) is 4.79 Å². The Morgan fingerprint density at radius 2 is 1.91 bits per heavy atom. The molecule has 0 saturated heterocycles. The first-order valence-electron chi connectivity index (χ1n) is 8.27. The molecule has 1 amide bonds. The van der Waals surface area contributed by atoms with Gasteiger partial charge < -0.3 is 4.90 Å². The van der Waals surface area contributed by atoms with Crippen molar-refractivity contribution in [3.63, 3.8) is 0 Å². The van der Waals surface area contributed by atoms with E-state index in [1.807, 2.05) is 27.7 Å². The molecule has 128 valence electrons. The molecule has 0 radical (unpaired) electrons. The molecule has 23 heavy (non-hydrogen) atoms. The predicted octanol–water partition coefficient (Wildman–Crippen LogP) is 2.65. The van der Waals surface area contributed by atoms with E-state index in [1.165, 1.54) is 4.31 Å². The average Bonchev–Trinajstić information content (AvgIpc) is 2.53. The molecule has 0 aliphatic carbocycles. The fraction of sp³-hybridized carbons (Fsp3) is 0.588. The van der Waals surface area contributed by atoms with Gasteiger partial charge in [-0.05, 0) is 36.6 Å². The molecule has 0 unspecified atom stereocenters. The van der Waals surface area contributed by atoms with Gasteiger partial charge in [-0.2, -0.15) is 4.31 Å². The van der Waals surface area contributed by atoms with E-state index in [-0.39, 0.29) is 11.8 Å². The largest absolute Gasteiger partial charge is 0.312 e. The summed E-state index contributed by atoms with van der Waals surface area (Å²) < 4.78 is 26.8. The number of hydrogen-bond acceptors (Lipinski definition) is 3. The monoisotopic (exact) mass is 338 g/mol. The zero-order chi connectivity index (χ0) is 17.2. The number of carbonyl (C=O) groups excluding carboxylic acids is 1. The molecule has 0 aromatic heterocycles. The number of amides is 1.